The molecule has 0 aliphatic rings. The molecule has 0 amide bonds. The Morgan fingerprint density at radius 3 is 2.65 bits per heavy atom. The molecule has 0 unspecified atom stereocenters. The van der Waals surface area contributed by atoms with Crippen molar-refractivity contribution < 1.29 is 0 Å². The largest absolute Gasteiger partial charge is 0.305 e. The van der Waals surface area contributed by atoms with Crippen molar-refractivity contribution in [3.63, 3.8) is 0 Å². The van der Waals surface area contributed by atoms with Crippen LogP contribution in [-0.4, -0.2) is 29.5 Å². The van der Waals surface area contributed by atoms with Gasteiger partial charge in [0, 0.05) is 47.6 Å². The molecule has 0 aliphatic carbocycles. The quantitative estimate of drug-likeness (QED) is 0.466. The van der Waals surface area contributed by atoms with E-state index in [2.05, 4.69) is 25.7 Å². The van der Waals surface area contributed by atoms with Crippen molar-refractivity contribution in [2.24, 2.45) is 14.1 Å². The second kappa shape index (κ2) is 7.22. The van der Waals surface area contributed by atoms with Gasteiger partial charge in [-0.3, -0.25) is 4.68 Å². The SMILES string of the molecule is Cn1cc(-c2nc(CSc3nnc(-c4ccc(Cl)cc4)n3C)cs2)cn1. The van der Waals surface area contributed by atoms with Crippen molar-refractivity contribution in [1.82, 2.24) is 29.5 Å². The molecule has 0 radical (unpaired) electrons. The first-order valence-electron chi connectivity index (χ1n) is 7.82. The lowest BCUT2D eigenvalue weighted by atomic mass is 10.2. The molecule has 9 heteroatoms. The van der Waals surface area contributed by atoms with Crippen LogP contribution >= 0.6 is 34.7 Å². The van der Waals surface area contributed by atoms with Gasteiger partial charge in [0.1, 0.15) is 5.01 Å². The van der Waals surface area contributed by atoms with Gasteiger partial charge < -0.3 is 4.57 Å². The Hall–Kier alpha value is -2.16. The monoisotopic (exact) mass is 402 g/mol. The Bertz CT molecular complexity index is 1030. The summed E-state index contributed by atoms with van der Waals surface area (Å²) < 4.78 is 3.77. The van der Waals surface area contributed by atoms with Gasteiger partial charge in [0.25, 0.3) is 0 Å². The Kier molecular flexibility index (Phi) is 4.80. The second-order valence-corrected chi connectivity index (χ2v) is 7.94. The summed E-state index contributed by atoms with van der Waals surface area (Å²) in [6, 6.07) is 7.60. The van der Waals surface area contributed by atoms with Crippen molar-refractivity contribution in [3.05, 3.63) is 52.8 Å². The van der Waals surface area contributed by atoms with E-state index in [1.54, 1.807) is 27.8 Å². The van der Waals surface area contributed by atoms with Gasteiger partial charge in [-0.15, -0.1) is 21.5 Å². The maximum Gasteiger partial charge on any atom is 0.191 e. The number of benzene rings is 1. The third-order valence-corrected chi connectivity index (χ3v) is 6.04. The Balaban J connectivity index is 1.47. The number of aryl methyl sites for hydroxylation is 1. The highest BCUT2D eigenvalue weighted by Crippen LogP contribution is 2.28. The molecule has 132 valence electrons. The third-order valence-electron chi connectivity index (χ3n) is 3.79. The zero-order valence-corrected chi connectivity index (χ0v) is 16.5. The fourth-order valence-electron chi connectivity index (χ4n) is 2.47. The minimum absolute atomic E-state index is 0.707. The van der Waals surface area contributed by atoms with Crippen LogP contribution in [0.3, 0.4) is 0 Å². The van der Waals surface area contributed by atoms with Gasteiger partial charge in [0.2, 0.25) is 0 Å². The molecule has 0 aliphatic heterocycles. The van der Waals surface area contributed by atoms with E-state index in [9.17, 15) is 0 Å². The molecule has 0 saturated heterocycles. The summed E-state index contributed by atoms with van der Waals surface area (Å²) >= 11 is 9.20. The predicted octanol–water partition coefficient (Wildman–Crippen LogP) is 4.28. The number of thioether (sulfide) groups is 1. The highest BCUT2D eigenvalue weighted by molar-refractivity contribution is 7.98. The smallest absolute Gasteiger partial charge is 0.191 e. The molecule has 4 rings (SSSR count). The van der Waals surface area contributed by atoms with Crippen LogP contribution in [0, 0.1) is 0 Å². The van der Waals surface area contributed by atoms with E-state index >= 15 is 0 Å². The summed E-state index contributed by atoms with van der Waals surface area (Å²) in [5.41, 5.74) is 3.05. The van der Waals surface area contributed by atoms with Crippen LogP contribution in [0.1, 0.15) is 5.69 Å². The van der Waals surface area contributed by atoms with Crippen LogP contribution in [0.4, 0.5) is 0 Å². The molecular formula is C17H15ClN6S2. The van der Waals surface area contributed by atoms with Gasteiger partial charge in [0.15, 0.2) is 11.0 Å². The van der Waals surface area contributed by atoms with E-state index < -0.39 is 0 Å². The summed E-state index contributed by atoms with van der Waals surface area (Å²) in [6.07, 6.45) is 3.80. The van der Waals surface area contributed by atoms with Crippen molar-refractivity contribution in [2.45, 2.75) is 10.9 Å². The minimum Gasteiger partial charge on any atom is -0.305 e. The highest BCUT2D eigenvalue weighted by Gasteiger charge is 2.13. The Morgan fingerprint density at radius 1 is 1.12 bits per heavy atom. The summed E-state index contributed by atoms with van der Waals surface area (Å²) in [5, 5.41) is 17.4. The van der Waals surface area contributed by atoms with E-state index in [-0.39, 0.29) is 0 Å². The lowest BCUT2D eigenvalue weighted by Gasteiger charge is -2.03. The molecule has 0 N–H and O–H groups in total. The Morgan fingerprint density at radius 2 is 1.92 bits per heavy atom. The van der Waals surface area contributed by atoms with E-state index in [1.807, 2.05) is 55.3 Å². The number of nitrogens with zero attached hydrogens (tertiary/aromatic N) is 6. The zero-order chi connectivity index (χ0) is 18.1. The van der Waals surface area contributed by atoms with Crippen LogP contribution in [0.2, 0.25) is 5.02 Å². The fourth-order valence-corrected chi connectivity index (χ4v) is 4.30. The van der Waals surface area contributed by atoms with Crippen molar-refractivity contribution in [1.29, 1.82) is 0 Å². The highest BCUT2D eigenvalue weighted by atomic mass is 35.5. The zero-order valence-electron chi connectivity index (χ0n) is 14.1. The maximum absolute atomic E-state index is 5.95. The molecule has 0 atom stereocenters. The first kappa shape index (κ1) is 17.3. The normalized spacial score (nSPS) is 11.2. The molecule has 3 heterocycles. The molecular weight excluding hydrogens is 388 g/mol. The number of hydrogen-bond acceptors (Lipinski definition) is 6. The molecule has 4 aromatic rings. The average Bonchev–Trinajstić information content (AvgIpc) is 3.34. The van der Waals surface area contributed by atoms with Crippen molar-refractivity contribution in [3.8, 4) is 22.0 Å². The molecule has 1 aromatic carbocycles. The maximum atomic E-state index is 5.95. The van der Waals surface area contributed by atoms with Crippen LogP contribution in [0.15, 0.2) is 47.2 Å². The van der Waals surface area contributed by atoms with Crippen LogP contribution in [-0.2, 0) is 19.8 Å². The van der Waals surface area contributed by atoms with Crippen LogP contribution < -0.4 is 0 Å². The van der Waals surface area contributed by atoms with Gasteiger partial charge in [0.05, 0.1) is 11.9 Å². The van der Waals surface area contributed by atoms with Gasteiger partial charge in [-0.1, -0.05) is 23.4 Å². The summed E-state index contributed by atoms with van der Waals surface area (Å²) in [6.45, 7) is 0. The van der Waals surface area contributed by atoms with Crippen LogP contribution in [0.25, 0.3) is 22.0 Å². The number of hydrogen-bond donors (Lipinski definition) is 0. The fraction of sp³-hybridized carbons (Fsp3) is 0.176. The van der Waals surface area contributed by atoms with Gasteiger partial charge in [-0.2, -0.15) is 5.10 Å². The van der Waals surface area contributed by atoms with Gasteiger partial charge in [-0.25, -0.2) is 4.98 Å². The van der Waals surface area contributed by atoms with E-state index in [0.29, 0.717) is 5.02 Å². The lowest BCUT2D eigenvalue weighted by Crippen LogP contribution is -1.95. The molecule has 0 spiro atoms. The summed E-state index contributed by atoms with van der Waals surface area (Å²) in [4.78, 5) is 4.69. The van der Waals surface area contributed by atoms with E-state index in [0.717, 1.165) is 38.6 Å². The molecule has 6 nitrogen and oxygen atoms in total. The van der Waals surface area contributed by atoms with E-state index in [4.69, 9.17) is 11.6 Å². The molecule has 26 heavy (non-hydrogen) atoms. The molecule has 0 bridgehead atoms. The second-order valence-electron chi connectivity index (χ2n) is 5.71. The average molecular weight is 403 g/mol. The summed E-state index contributed by atoms with van der Waals surface area (Å²) in [5.74, 6) is 1.56. The predicted molar refractivity (Wildman–Crippen MR) is 105 cm³/mol. The standard InChI is InChI=1S/C17H15ClN6S2/c1-23-8-12(7-19-23)16-20-14(9-25-16)10-26-17-22-21-15(24(17)2)11-3-5-13(18)6-4-11/h3-9H,10H2,1-2H3. The minimum atomic E-state index is 0.707. The number of rotatable bonds is 5. The lowest BCUT2D eigenvalue weighted by molar-refractivity contribution is 0.768. The van der Waals surface area contributed by atoms with Crippen molar-refractivity contribution >= 4 is 34.7 Å². The van der Waals surface area contributed by atoms with E-state index in [1.165, 1.54) is 0 Å². The number of halogens is 1. The Labute approximate surface area is 163 Å². The van der Waals surface area contributed by atoms with Gasteiger partial charge in [-0.05, 0) is 24.3 Å². The molecule has 0 fully saturated rings. The summed E-state index contributed by atoms with van der Waals surface area (Å²) in [7, 11) is 3.87. The first-order chi connectivity index (χ1) is 12.6. The van der Waals surface area contributed by atoms with Crippen molar-refractivity contribution in [2.75, 3.05) is 0 Å². The van der Waals surface area contributed by atoms with Crippen LogP contribution in [0.5, 0.6) is 0 Å². The topological polar surface area (TPSA) is 61.4 Å². The third kappa shape index (κ3) is 3.53. The molecule has 3 aromatic heterocycles. The number of aromatic nitrogens is 6. The number of thiazole rings is 1. The molecule has 0 saturated carbocycles. The first-order valence-corrected chi connectivity index (χ1v) is 10.1. The van der Waals surface area contributed by atoms with Gasteiger partial charge >= 0.3 is 0 Å².